The van der Waals surface area contributed by atoms with Crippen LogP contribution in [0.2, 0.25) is 0 Å². The van der Waals surface area contributed by atoms with Gasteiger partial charge in [0.1, 0.15) is 6.04 Å². The summed E-state index contributed by atoms with van der Waals surface area (Å²) in [5.41, 5.74) is 0. The molecule has 1 saturated carbocycles. The van der Waals surface area contributed by atoms with E-state index < -0.39 is 24.2 Å². The number of carboxylic acid groups (broad SMARTS) is 1. The zero-order valence-electron chi connectivity index (χ0n) is 16.2. The number of halogens is 1. The summed E-state index contributed by atoms with van der Waals surface area (Å²) in [7, 11) is 0. The van der Waals surface area contributed by atoms with Gasteiger partial charge in [-0.2, -0.15) is 0 Å². The van der Waals surface area contributed by atoms with E-state index in [0.717, 1.165) is 24.3 Å². The van der Waals surface area contributed by atoms with Gasteiger partial charge in [-0.15, -0.1) is 0 Å². The minimum Gasteiger partial charge on any atom is -0.480 e. The Morgan fingerprint density at radius 3 is 2.74 bits per heavy atom. The monoisotopic (exact) mass is 397 g/mol. The van der Waals surface area contributed by atoms with Crippen LogP contribution in [0.3, 0.4) is 0 Å². The fraction of sp³-hybridized carbons (Fsp3) is 0.762. The van der Waals surface area contributed by atoms with Gasteiger partial charge in [0.2, 0.25) is 0 Å². The van der Waals surface area contributed by atoms with Gasteiger partial charge in [-0.1, -0.05) is 36.8 Å². The highest BCUT2D eigenvalue weighted by atomic mass is 35.5. The van der Waals surface area contributed by atoms with Crippen molar-refractivity contribution >= 4 is 17.6 Å². The molecule has 6 unspecified atom stereocenters. The Bertz CT molecular complexity index is 603. The van der Waals surface area contributed by atoms with Crippen molar-refractivity contribution in [3.63, 3.8) is 0 Å². The van der Waals surface area contributed by atoms with E-state index in [1.165, 1.54) is 0 Å². The standard InChI is InChI=1S/C21H32ClNO4/c1-12(6-7-13(2)22)19(24)9-8-15-16-10-14-4-3-5-17(21(26)27)23(14)18(16)11-20(15)25/h7-9,12,14-20,24-25H,3-6,10-11H2,1-2H3,(H,26,27)/b9-8+,13-7-/t12?,14?,15-,16-,17?,18?,19?,20?/m1/s1. The number of aliphatic carboxylic acids is 1. The molecule has 2 saturated heterocycles. The summed E-state index contributed by atoms with van der Waals surface area (Å²) in [6.45, 7) is 3.80. The van der Waals surface area contributed by atoms with Gasteiger partial charge in [-0.3, -0.25) is 9.69 Å². The summed E-state index contributed by atoms with van der Waals surface area (Å²) < 4.78 is 0. The Balaban J connectivity index is 1.68. The minimum atomic E-state index is -0.735. The quantitative estimate of drug-likeness (QED) is 0.600. The molecular formula is C21H32ClNO4. The summed E-state index contributed by atoms with van der Waals surface area (Å²) in [4.78, 5) is 13.9. The molecule has 0 aromatic rings. The molecular weight excluding hydrogens is 366 g/mol. The molecule has 6 heteroatoms. The van der Waals surface area contributed by atoms with Crippen LogP contribution < -0.4 is 0 Å². The Morgan fingerprint density at radius 1 is 1.33 bits per heavy atom. The van der Waals surface area contributed by atoms with Crippen molar-refractivity contribution in [3.05, 3.63) is 23.3 Å². The Kier molecular flexibility index (Phi) is 6.67. The van der Waals surface area contributed by atoms with Crippen molar-refractivity contribution < 1.29 is 20.1 Å². The molecule has 3 fully saturated rings. The Morgan fingerprint density at radius 2 is 2.07 bits per heavy atom. The molecule has 2 aliphatic heterocycles. The number of piperidine rings is 1. The SMILES string of the molecule is C/C(Cl)=C/CC(C)C(O)/C=C/[C@H]1C(O)CC2[C@@H]1CC1CCCC(C(=O)O)N12. The summed E-state index contributed by atoms with van der Waals surface area (Å²) >= 11 is 5.86. The number of rotatable bonds is 6. The highest BCUT2D eigenvalue weighted by Crippen LogP contribution is 2.49. The topological polar surface area (TPSA) is 81.0 Å². The predicted octanol–water partition coefficient (Wildman–Crippen LogP) is 3.15. The fourth-order valence-corrected chi connectivity index (χ4v) is 5.46. The summed E-state index contributed by atoms with van der Waals surface area (Å²) in [5, 5.41) is 31.3. The molecule has 0 aromatic carbocycles. The first-order valence-electron chi connectivity index (χ1n) is 10.2. The second-order valence-electron chi connectivity index (χ2n) is 8.61. The predicted molar refractivity (Wildman–Crippen MR) is 105 cm³/mol. The van der Waals surface area contributed by atoms with Crippen LogP contribution in [0.15, 0.2) is 23.3 Å². The second-order valence-corrected chi connectivity index (χ2v) is 9.21. The largest absolute Gasteiger partial charge is 0.480 e. The van der Waals surface area contributed by atoms with E-state index in [9.17, 15) is 20.1 Å². The van der Waals surface area contributed by atoms with E-state index in [4.69, 9.17) is 11.6 Å². The summed E-state index contributed by atoms with van der Waals surface area (Å²) in [6, 6.07) is 0.0428. The lowest BCUT2D eigenvalue weighted by Crippen LogP contribution is -2.51. The smallest absolute Gasteiger partial charge is 0.320 e. The third-order valence-electron chi connectivity index (χ3n) is 6.81. The first-order valence-corrected chi connectivity index (χ1v) is 10.5. The van der Waals surface area contributed by atoms with E-state index in [1.807, 2.05) is 32.1 Å². The van der Waals surface area contributed by atoms with E-state index >= 15 is 0 Å². The van der Waals surface area contributed by atoms with Gasteiger partial charge in [0.15, 0.2) is 0 Å². The number of carboxylic acids is 1. The van der Waals surface area contributed by atoms with Crippen LogP contribution in [0.5, 0.6) is 0 Å². The molecule has 0 aromatic heterocycles. The number of allylic oxidation sites excluding steroid dienone is 2. The van der Waals surface area contributed by atoms with Crippen LogP contribution in [0, 0.1) is 17.8 Å². The van der Waals surface area contributed by atoms with Crippen LogP contribution >= 0.6 is 11.6 Å². The number of fused-ring (bicyclic) bond motifs is 3. The van der Waals surface area contributed by atoms with Gasteiger partial charge in [0.05, 0.1) is 12.2 Å². The van der Waals surface area contributed by atoms with Crippen LogP contribution in [-0.4, -0.2) is 56.5 Å². The van der Waals surface area contributed by atoms with E-state index in [2.05, 4.69) is 4.90 Å². The number of aliphatic hydroxyl groups excluding tert-OH is 2. The number of aliphatic hydroxyl groups is 2. The molecule has 152 valence electrons. The van der Waals surface area contributed by atoms with Gasteiger partial charge in [-0.05, 0) is 57.3 Å². The van der Waals surface area contributed by atoms with Gasteiger partial charge in [0, 0.05) is 23.0 Å². The molecule has 5 nitrogen and oxygen atoms in total. The highest BCUT2D eigenvalue weighted by Gasteiger charge is 2.54. The average Bonchev–Trinajstić information content (AvgIpc) is 3.11. The lowest BCUT2D eigenvalue weighted by Gasteiger charge is -2.38. The first-order chi connectivity index (χ1) is 12.8. The lowest BCUT2D eigenvalue weighted by molar-refractivity contribution is -0.146. The molecule has 0 amide bonds. The number of hydrogen-bond donors (Lipinski definition) is 3. The molecule has 1 aliphatic carbocycles. The van der Waals surface area contributed by atoms with Crippen LogP contribution in [-0.2, 0) is 4.79 Å². The fourth-order valence-electron chi connectivity index (χ4n) is 5.37. The maximum Gasteiger partial charge on any atom is 0.320 e. The average molecular weight is 398 g/mol. The molecule has 2 heterocycles. The maximum atomic E-state index is 11.7. The molecule has 3 rings (SSSR count). The first kappa shape index (κ1) is 20.8. The summed E-state index contributed by atoms with van der Waals surface area (Å²) in [5.74, 6) is -0.424. The van der Waals surface area contributed by atoms with Crippen molar-refractivity contribution in [2.75, 3.05) is 0 Å². The van der Waals surface area contributed by atoms with Gasteiger partial charge >= 0.3 is 5.97 Å². The third kappa shape index (κ3) is 4.42. The van der Waals surface area contributed by atoms with Crippen LogP contribution in [0.25, 0.3) is 0 Å². The van der Waals surface area contributed by atoms with Crippen molar-refractivity contribution in [2.24, 2.45) is 17.8 Å². The van der Waals surface area contributed by atoms with Crippen LogP contribution in [0.1, 0.15) is 52.4 Å². The van der Waals surface area contributed by atoms with Crippen molar-refractivity contribution in [1.29, 1.82) is 0 Å². The molecule has 0 spiro atoms. The number of carbonyl (C=O) groups is 1. The van der Waals surface area contributed by atoms with E-state index in [0.29, 0.717) is 25.3 Å². The summed E-state index contributed by atoms with van der Waals surface area (Å²) in [6.07, 6.45) is 9.63. The molecule has 0 radical (unpaired) electrons. The minimum absolute atomic E-state index is 0.0119. The zero-order chi connectivity index (χ0) is 19.7. The Hall–Kier alpha value is -0.880. The number of hydrogen-bond acceptors (Lipinski definition) is 4. The normalized spacial score (nSPS) is 39.4. The maximum absolute atomic E-state index is 11.7. The van der Waals surface area contributed by atoms with E-state index in [-0.39, 0.29) is 23.8 Å². The van der Waals surface area contributed by atoms with Crippen molar-refractivity contribution in [3.8, 4) is 0 Å². The molecule has 27 heavy (non-hydrogen) atoms. The van der Waals surface area contributed by atoms with Crippen molar-refractivity contribution in [1.82, 2.24) is 4.90 Å². The van der Waals surface area contributed by atoms with Gasteiger partial charge in [0.25, 0.3) is 0 Å². The van der Waals surface area contributed by atoms with Crippen LogP contribution in [0.4, 0.5) is 0 Å². The molecule has 8 atom stereocenters. The lowest BCUT2D eigenvalue weighted by atomic mass is 9.88. The zero-order valence-corrected chi connectivity index (χ0v) is 16.9. The molecule has 3 aliphatic rings. The van der Waals surface area contributed by atoms with Gasteiger partial charge in [-0.25, -0.2) is 0 Å². The third-order valence-corrected chi connectivity index (χ3v) is 6.96. The number of nitrogens with zero attached hydrogens (tertiary/aromatic N) is 1. The second kappa shape index (κ2) is 8.64. The van der Waals surface area contributed by atoms with Crippen molar-refractivity contribution in [2.45, 2.75) is 82.7 Å². The Labute approximate surface area is 166 Å². The molecule has 3 N–H and O–H groups in total. The van der Waals surface area contributed by atoms with E-state index in [1.54, 1.807) is 0 Å². The molecule has 0 bridgehead atoms. The van der Waals surface area contributed by atoms with Gasteiger partial charge < -0.3 is 15.3 Å². The highest BCUT2D eigenvalue weighted by molar-refractivity contribution is 6.29.